The number of nitrogens with one attached hydrogen (secondary N) is 2. The molecule has 2 saturated heterocycles. The lowest BCUT2D eigenvalue weighted by atomic mass is 10.1. The maximum absolute atomic E-state index is 12.8. The van der Waals surface area contributed by atoms with Crippen molar-refractivity contribution in [1.82, 2.24) is 15.2 Å². The summed E-state index contributed by atoms with van der Waals surface area (Å²) in [5, 5.41) is 6.44. The van der Waals surface area contributed by atoms with Gasteiger partial charge in [-0.15, -0.1) is 0 Å². The number of rotatable bonds is 4. The van der Waals surface area contributed by atoms with Gasteiger partial charge in [0.25, 0.3) is 5.91 Å². The highest BCUT2D eigenvalue weighted by Gasteiger charge is 2.26. The second-order valence-electron chi connectivity index (χ2n) is 7.80. The molecule has 7 nitrogen and oxygen atoms in total. The van der Waals surface area contributed by atoms with Crippen LogP contribution in [0.5, 0.6) is 0 Å². The third-order valence-corrected chi connectivity index (χ3v) is 5.91. The molecule has 146 valence electrons. The molecule has 3 fully saturated rings. The highest BCUT2D eigenvalue weighted by Crippen LogP contribution is 2.30. The van der Waals surface area contributed by atoms with E-state index in [1.54, 1.807) is 6.20 Å². The number of carbonyl (C=O) groups is 2. The Labute approximate surface area is 160 Å². The van der Waals surface area contributed by atoms with Gasteiger partial charge < -0.3 is 20.4 Å². The molecule has 1 saturated carbocycles. The number of pyridine rings is 1. The average molecular weight is 371 g/mol. The molecular weight excluding hydrogens is 342 g/mol. The summed E-state index contributed by atoms with van der Waals surface area (Å²) in [5.74, 6) is 0.944. The molecule has 2 amide bonds. The Kier molecular flexibility index (Phi) is 5.57. The fraction of sp³-hybridized carbons (Fsp3) is 0.650. The average Bonchev–Trinajstić information content (AvgIpc) is 3.42. The number of aromatic nitrogens is 1. The summed E-state index contributed by atoms with van der Waals surface area (Å²) in [6.07, 6.45) is 7.93. The topological polar surface area (TPSA) is 77.6 Å². The summed E-state index contributed by atoms with van der Waals surface area (Å²) in [7, 11) is 0. The molecule has 0 atom stereocenters. The molecule has 3 aliphatic rings. The summed E-state index contributed by atoms with van der Waals surface area (Å²) < 4.78 is 0. The fourth-order valence-electron chi connectivity index (χ4n) is 4.32. The molecule has 2 N–H and O–H groups in total. The van der Waals surface area contributed by atoms with Crippen molar-refractivity contribution in [2.24, 2.45) is 5.92 Å². The van der Waals surface area contributed by atoms with Crippen molar-refractivity contribution in [3.05, 3.63) is 17.8 Å². The summed E-state index contributed by atoms with van der Waals surface area (Å²) in [6, 6.07) is 1.83. The second-order valence-corrected chi connectivity index (χ2v) is 7.80. The lowest BCUT2D eigenvalue weighted by Crippen LogP contribution is -2.44. The molecule has 0 spiro atoms. The molecular formula is C20H29N5O2. The zero-order chi connectivity index (χ0) is 18.6. The normalized spacial score (nSPS) is 20.9. The molecule has 3 heterocycles. The predicted molar refractivity (Wildman–Crippen MR) is 105 cm³/mol. The van der Waals surface area contributed by atoms with Crippen LogP contribution in [0.25, 0.3) is 0 Å². The van der Waals surface area contributed by atoms with Crippen LogP contribution in [0.2, 0.25) is 0 Å². The van der Waals surface area contributed by atoms with Gasteiger partial charge in [0, 0.05) is 51.4 Å². The monoisotopic (exact) mass is 371 g/mol. The highest BCUT2D eigenvalue weighted by molar-refractivity contribution is 5.99. The molecule has 0 aromatic carbocycles. The molecule has 27 heavy (non-hydrogen) atoms. The standard InChI is InChI=1S/C20H29N5O2/c26-19(15-5-1-2-6-15)23-17-13-16(20(27)25-9-3-4-10-25)14-22-18(17)24-11-7-21-8-12-24/h13-15,21H,1-12H2,(H,23,26). The van der Waals surface area contributed by atoms with Crippen LogP contribution in [0.1, 0.15) is 48.9 Å². The Hall–Kier alpha value is -2.15. The molecule has 0 bridgehead atoms. The number of piperazine rings is 1. The van der Waals surface area contributed by atoms with E-state index in [1.807, 2.05) is 11.0 Å². The van der Waals surface area contributed by atoms with Crippen LogP contribution in [0.4, 0.5) is 11.5 Å². The van der Waals surface area contributed by atoms with Crippen molar-refractivity contribution in [2.75, 3.05) is 49.5 Å². The molecule has 2 aliphatic heterocycles. The molecule has 4 rings (SSSR count). The third kappa shape index (κ3) is 4.08. The lowest BCUT2D eigenvalue weighted by molar-refractivity contribution is -0.119. The Bertz CT molecular complexity index is 690. The van der Waals surface area contributed by atoms with Crippen LogP contribution in [0.15, 0.2) is 12.3 Å². The summed E-state index contributed by atoms with van der Waals surface area (Å²) in [6.45, 7) is 5.10. The van der Waals surface area contributed by atoms with Gasteiger partial charge in [-0.1, -0.05) is 12.8 Å². The SMILES string of the molecule is O=C(Nc1cc(C(=O)N2CCCC2)cnc1N1CCNCC1)C1CCCC1. The number of amides is 2. The first-order valence-corrected chi connectivity index (χ1v) is 10.3. The van der Waals surface area contributed by atoms with Gasteiger partial charge in [0.05, 0.1) is 11.3 Å². The van der Waals surface area contributed by atoms with Gasteiger partial charge in [-0.05, 0) is 31.7 Å². The number of hydrogen-bond acceptors (Lipinski definition) is 5. The van der Waals surface area contributed by atoms with Gasteiger partial charge in [-0.3, -0.25) is 9.59 Å². The molecule has 0 unspecified atom stereocenters. The first-order chi connectivity index (χ1) is 13.2. The second kappa shape index (κ2) is 8.25. The predicted octanol–water partition coefficient (Wildman–Crippen LogP) is 1.86. The minimum atomic E-state index is 0.0169. The molecule has 1 aliphatic carbocycles. The smallest absolute Gasteiger partial charge is 0.255 e. The highest BCUT2D eigenvalue weighted by atomic mass is 16.2. The van der Waals surface area contributed by atoms with Gasteiger partial charge in [-0.25, -0.2) is 4.98 Å². The van der Waals surface area contributed by atoms with E-state index in [-0.39, 0.29) is 17.7 Å². The molecule has 1 aromatic rings. The van der Waals surface area contributed by atoms with Gasteiger partial charge in [0.15, 0.2) is 5.82 Å². The summed E-state index contributed by atoms with van der Waals surface area (Å²) >= 11 is 0. The van der Waals surface area contributed by atoms with Crippen LogP contribution in [-0.2, 0) is 4.79 Å². The number of anilines is 2. The van der Waals surface area contributed by atoms with E-state index >= 15 is 0 Å². The largest absolute Gasteiger partial charge is 0.352 e. The summed E-state index contributed by atoms with van der Waals surface area (Å²) in [4.78, 5) is 34.2. The van der Waals surface area contributed by atoms with E-state index in [2.05, 4.69) is 20.5 Å². The zero-order valence-electron chi connectivity index (χ0n) is 15.9. The molecule has 1 aromatic heterocycles. The number of nitrogens with zero attached hydrogens (tertiary/aromatic N) is 3. The number of likely N-dealkylation sites (tertiary alicyclic amines) is 1. The first-order valence-electron chi connectivity index (χ1n) is 10.3. The van der Waals surface area contributed by atoms with Crippen molar-refractivity contribution < 1.29 is 9.59 Å². The third-order valence-electron chi connectivity index (χ3n) is 5.91. The fourth-order valence-corrected chi connectivity index (χ4v) is 4.32. The van der Waals surface area contributed by atoms with E-state index in [0.717, 1.165) is 83.6 Å². The van der Waals surface area contributed by atoms with E-state index in [0.29, 0.717) is 11.3 Å². The van der Waals surface area contributed by atoms with Crippen LogP contribution in [0, 0.1) is 5.92 Å². The van der Waals surface area contributed by atoms with Crippen molar-refractivity contribution in [3.8, 4) is 0 Å². The Balaban J connectivity index is 1.59. The van der Waals surface area contributed by atoms with E-state index in [4.69, 9.17) is 0 Å². The van der Waals surface area contributed by atoms with Crippen LogP contribution >= 0.6 is 0 Å². The van der Waals surface area contributed by atoms with Gasteiger partial charge >= 0.3 is 0 Å². The van der Waals surface area contributed by atoms with Crippen molar-refractivity contribution in [1.29, 1.82) is 0 Å². The Morgan fingerprint density at radius 2 is 1.74 bits per heavy atom. The number of hydrogen-bond donors (Lipinski definition) is 2. The van der Waals surface area contributed by atoms with Crippen LogP contribution in [0.3, 0.4) is 0 Å². The maximum Gasteiger partial charge on any atom is 0.255 e. The van der Waals surface area contributed by atoms with Gasteiger partial charge in [0.2, 0.25) is 5.91 Å². The molecule has 0 radical (unpaired) electrons. The maximum atomic E-state index is 12.8. The Morgan fingerprint density at radius 3 is 2.44 bits per heavy atom. The zero-order valence-corrected chi connectivity index (χ0v) is 15.9. The van der Waals surface area contributed by atoms with Crippen molar-refractivity contribution in [3.63, 3.8) is 0 Å². The van der Waals surface area contributed by atoms with Crippen LogP contribution < -0.4 is 15.5 Å². The lowest BCUT2D eigenvalue weighted by Gasteiger charge is -2.30. The van der Waals surface area contributed by atoms with E-state index in [9.17, 15) is 9.59 Å². The van der Waals surface area contributed by atoms with Crippen LogP contribution in [-0.4, -0.2) is 61.0 Å². The Morgan fingerprint density at radius 1 is 1.04 bits per heavy atom. The summed E-state index contributed by atoms with van der Waals surface area (Å²) in [5.41, 5.74) is 1.25. The minimum absolute atomic E-state index is 0.0169. The quantitative estimate of drug-likeness (QED) is 0.845. The minimum Gasteiger partial charge on any atom is -0.352 e. The van der Waals surface area contributed by atoms with E-state index < -0.39 is 0 Å². The molecule has 7 heteroatoms. The van der Waals surface area contributed by atoms with Crippen molar-refractivity contribution in [2.45, 2.75) is 38.5 Å². The van der Waals surface area contributed by atoms with Gasteiger partial charge in [-0.2, -0.15) is 0 Å². The number of carbonyl (C=O) groups excluding carboxylic acids is 2. The first kappa shape index (κ1) is 18.2. The van der Waals surface area contributed by atoms with Crippen molar-refractivity contribution >= 4 is 23.3 Å². The van der Waals surface area contributed by atoms with E-state index in [1.165, 1.54) is 0 Å². The van der Waals surface area contributed by atoms with Gasteiger partial charge in [0.1, 0.15) is 0 Å².